The van der Waals surface area contributed by atoms with Crippen molar-refractivity contribution in [3.8, 4) is 0 Å². The van der Waals surface area contributed by atoms with Crippen LogP contribution in [0.4, 0.5) is 0 Å². The number of rotatable bonds is 6. The fourth-order valence-electron chi connectivity index (χ4n) is 1.91. The molecule has 104 valence electrons. The number of nitrogens with one attached hydrogen (secondary N) is 2. The fourth-order valence-corrected chi connectivity index (χ4v) is 3.27. The third-order valence-corrected chi connectivity index (χ3v) is 4.90. The summed E-state index contributed by atoms with van der Waals surface area (Å²) in [5.41, 5.74) is 0.588. The van der Waals surface area contributed by atoms with Gasteiger partial charge in [-0.25, -0.2) is 17.7 Å². The molecule has 2 aromatic rings. The first-order chi connectivity index (χ1) is 9.07. The highest BCUT2D eigenvalue weighted by atomic mass is 32.2. The first-order valence-electron chi connectivity index (χ1n) is 6.10. The molecular formula is C12H18N4O2S. The minimum absolute atomic E-state index is 0.280. The largest absolute Gasteiger partial charge is 0.345 e. The molecule has 0 bridgehead atoms. The number of nitrogens with zero attached hydrogens (tertiary/aromatic N) is 2. The Morgan fingerprint density at radius 1 is 1.47 bits per heavy atom. The standard InChI is InChI=1S/C12H18N4O2S/c1-13-6-4-8-16(2)19(17,18)11-9-15-12-10(11)5-3-7-14-12/h3,5,7,9,13H,4,6,8H2,1-2H3,(H,14,15). The quantitative estimate of drug-likeness (QED) is 0.768. The number of hydrogen-bond donors (Lipinski definition) is 2. The Bertz CT molecular complexity index is 651. The van der Waals surface area contributed by atoms with Gasteiger partial charge in [-0.3, -0.25) is 0 Å². The van der Waals surface area contributed by atoms with Crippen LogP contribution in [0.5, 0.6) is 0 Å². The third kappa shape index (κ3) is 2.78. The van der Waals surface area contributed by atoms with Gasteiger partial charge in [0.2, 0.25) is 10.0 Å². The number of sulfonamides is 1. The molecule has 2 rings (SSSR count). The van der Waals surface area contributed by atoms with Crippen molar-refractivity contribution < 1.29 is 8.42 Å². The van der Waals surface area contributed by atoms with Crippen molar-refractivity contribution in [3.63, 3.8) is 0 Å². The summed E-state index contributed by atoms with van der Waals surface area (Å²) in [5.74, 6) is 0. The van der Waals surface area contributed by atoms with E-state index in [0.717, 1.165) is 13.0 Å². The van der Waals surface area contributed by atoms with Crippen molar-refractivity contribution in [2.45, 2.75) is 11.3 Å². The molecule has 0 saturated carbocycles. The molecule has 0 atom stereocenters. The molecule has 0 amide bonds. The Labute approximate surface area is 112 Å². The molecular weight excluding hydrogens is 264 g/mol. The van der Waals surface area contributed by atoms with Gasteiger partial charge in [0, 0.05) is 31.4 Å². The van der Waals surface area contributed by atoms with Crippen LogP contribution in [0.1, 0.15) is 6.42 Å². The van der Waals surface area contributed by atoms with Crippen molar-refractivity contribution in [1.29, 1.82) is 0 Å². The summed E-state index contributed by atoms with van der Waals surface area (Å²) < 4.78 is 26.3. The lowest BCUT2D eigenvalue weighted by Gasteiger charge is -2.16. The van der Waals surface area contributed by atoms with Crippen molar-refractivity contribution in [3.05, 3.63) is 24.5 Å². The molecule has 0 aliphatic carbocycles. The zero-order valence-corrected chi connectivity index (χ0v) is 11.9. The molecule has 2 N–H and O–H groups in total. The van der Waals surface area contributed by atoms with E-state index in [1.165, 1.54) is 10.5 Å². The SMILES string of the molecule is CNCCCN(C)S(=O)(=O)c1c[nH]c2ncccc12. The van der Waals surface area contributed by atoms with E-state index in [2.05, 4.69) is 15.3 Å². The van der Waals surface area contributed by atoms with Gasteiger partial charge in [-0.15, -0.1) is 0 Å². The molecule has 0 fully saturated rings. The third-order valence-electron chi connectivity index (χ3n) is 3.00. The van der Waals surface area contributed by atoms with Gasteiger partial charge in [0.25, 0.3) is 0 Å². The van der Waals surface area contributed by atoms with E-state index >= 15 is 0 Å². The Hall–Kier alpha value is -1.44. The number of fused-ring (bicyclic) bond motifs is 1. The van der Waals surface area contributed by atoms with E-state index in [9.17, 15) is 8.42 Å². The van der Waals surface area contributed by atoms with Crippen LogP contribution in [0.15, 0.2) is 29.4 Å². The van der Waals surface area contributed by atoms with Gasteiger partial charge < -0.3 is 10.3 Å². The number of pyridine rings is 1. The molecule has 0 radical (unpaired) electrons. The number of hydrogen-bond acceptors (Lipinski definition) is 4. The summed E-state index contributed by atoms with van der Waals surface area (Å²) in [6, 6.07) is 3.49. The zero-order valence-electron chi connectivity index (χ0n) is 11.0. The molecule has 0 aliphatic heterocycles. The van der Waals surface area contributed by atoms with Crippen molar-refractivity contribution in [2.75, 3.05) is 27.2 Å². The van der Waals surface area contributed by atoms with E-state index in [4.69, 9.17) is 0 Å². The lowest BCUT2D eigenvalue weighted by atomic mass is 10.3. The average Bonchev–Trinajstić information content (AvgIpc) is 2.83. The highest BCUT2D eigenvalue weighted by molar-refractivity contribution is 7.89. The van der Waals surface area contributed by atoms with Gasteiger partial charge in [-0.2, -0.15) is 0 Å². The van der Waals surface area contributed by atoms with E-state index in [0.29, 0.717) is 17.6 Å². The predicted octanol–water partition coefficient (Wildman–Crippen LogP) is 0.793. The maximum Gasteiger partial charge on any atom is 0.245 e. The van der Waals surface area contributed by atoms with Crippen LogP contribution in [0, 0.1) is 0 Å². The predicted molar refractivity (Wildman–Crippen MR) is 74.5 cm³/mol. The van der Waals surface area contributed by atoms with Gasteiger partial charge >= 0.3 is 0 Å². The molecule has 19 heavy (non-hydrogen) atoms. The Kier molecular flexibility index (Phi) is 4.18. The molecule has 0 aliphatic rings. The van der Waals surface area contributed by atoms with Crippen LogP contribution in [0.3, 0.4) is 0 Å². The second kappa shape index (κ2) is 5.68. The van der Waals surface area contributed by atoms with Crippen molar-refractivity contribution >= 4 is 21.1 Å². The van der Waals surface area contributed by atoms with E-state index in [1.54, 1.807) is 25.4 Å². The lowest BCUT2D eigenvalue weighted by Crippen LogP contribution is -2.29. The summed E-state index contributed by atoms with van der Waals surface area (Å²) >= 11 is 0. The summed E-state index contributed by atoms with van der Waals surface area (Å²) in [7, 11) is -0.0239. The minimum Gasteiger partial charge on any atom is -0.345 e. The molecule has 0 saturated heterocycles. The van der Waals surface area contributed by atoms with E-state index < -0.39 is 10.0 Å². The van der Waals surface area contributed by atoms with Crippen molar-refractivity contribution in [1.82, 2.24) is 19.6 Å². The van der Waals surface area contributed by atoms with Crippen LogP contribution >= 0.6 is 0 Å². The van der Waals surface area contributed by atoms with E-state index in [1.807, 2.05) is 7.05 Å². The fraction of sp³-hybridized carbons (Fsp3) is 0.417. The van der Waals surface area contributed by atoms with Crippen LogP contribution < -0.4 is 5.32 Å². The number of H-pyrrole nitrogens is 1. The average molecular weight is 282 g/mol. The first kappa shape index (κ1) is 14.0. The minimum atomic E-state index is -3.47. The number of aromatic amines is 1. The topological polar surface area (TPSA) is 78.1 Å². The monoisotopic (exact) mass is 282 g/mol. The smallest absolute Gasteiger partial charge is 0.245 e. The Morgan fingerprint density at radius 3 is 3.00 bits per heavy atom. The molecule has 0 unspecified atom stereocenters. The molecule has 0 spiro atoms. The van der Waals surface area contributed by atoms with Gasteiger partial charge in [-0.05, 0) is 32.1 Å². The molecule has 0 aromatic carbocycles. The molecule has 2 aromatic heterocycles. The summed E-state index contributed by atoms with van der Waals surface area (Å²) in [6.07, 6.45) is 3.90. The first-order valence-corrected chi connectivity index (χ1v) is 7.54. The molecule has 2 heterocycles. The normalized spacial score (nSPS) is 12.4. The van der Waals surface area contributed by atoms with Crippen molar-refractivity contribution in [2.24, 2.45) is 0 Å². The number of aromatic nitrogens is 2. The highest BCUT2D eigenvalue weighted by Gasteiger charge is 2.23. The second-order valence-corrected chi connectivity index (χ2v) is 6.35. The summed E-state index contributed by atoms with van der Waals surface area (Å²) in [6.45, 7) is 1.27. The van der Waals surface area contributed by atoms with Gasteiger partial charge in [0.15, 0.2) is 0 Å². The highest BCUT2D eigenvalue weighted by Crippen LogP contribution is 2.23. The Balaban J connectivity index is 2.28. The van der Waals surface area contributed by atoms with E-state index in [-0.39, 0.29) is 4.90 Å². The maximum absolute atomic E-state index is 12.5. The van der Waals surface area contributed by atoms with Gasteiger partial charge in [0.05, 0.1) is 0 Å². The summed E-state index contributed by atoms with van der Waals surface area (Å²) in [4.78, 5) is 7.27. The van der Waals surface area contributed by atoms with Crippen LogP contribution in [0.25, 0.3) is 11.0 Å². The summed E-state index contributed by atoms with van der Waals surface area (Å²) in [5, 5.41) is 3.63. The van der Waals surface area contributed by atoms with Crippen LogP contribution in [-0.4, -0.2) is 49.9 Å². The van der Waals surface area contributed by atoms with Crippen LogP contribution in [0.2, 0.25) is 0 Å². The maximum atomic E-state index is 12.5. The molecule has 6 nitrogen and oxygen atoms in total. The van der Waals surface area contributed by atoms with Gasteiger partial charge in [0.1, 0.15) is 10.5 Å². The Morgan fingerprint density at radius 2 is 2.26 bits per heavy atom. The second-order valence-electron chi connectivity index (χ2n) is 4.34. The van der Waals surface area contributed by atoms with Crippen LogP contribution in [-0.2, 0) is 10.0 Å². The van der Waals surface area contributed by atoms with Gasteiger partial charge in [-0.1, -0.05) is 0 Å². The lowest BCUT2D eigenvalue weighted by molar-refractivity contribution is 0.458. The zero-order chi connectivity index (χ0) is 13.9. The molecule has 7 heteroatoms.